The molecule has 7 heteroatoms. The lowest BCUT2D eigenvalue weighted by molar-refractivity contribution is -0.138. The van der Waals surface area contributed by atoms with Crippen LogP contribution in [0.2, 0.25) is 0 Å². The van der Waals surface area contributed by atoms with Crippen LogP contribution in [0.1, 0.15) is 63.0 Å². The lowest BCUT2D eigenvalue weighted by Gasteiger charge is -2.29. The summed E-state index contributed by atoms with van der Waals surface area (Å²) in [6, 6.07) is 16.4. The van der Waals surface area contributed by atoms with Crippen LogP contribution in [0, 0.1) is 11.8 Å². The molecule has 2 aromatic carbocycles. The maximum atomic E-state index is 12.9. The Labute approximate surface area is 206 Å². The molecule has 35 heavy (non-hydrogen) atoms. The predicted octanol–water partition coefficient (Wildman–Crippen LogP) is 4.70. The van der Waals surface area contributed by atoms with E-state index in [9.17, 15) is 14.4 Å². The molecule has 7 nitrogen and oxygen atoms in total. The molecule has 0 bridgehead atoms. The Kier molecular flexibility index (Phi) is 7.43. The van der Waals surface area contributed by atoms with Crippen LogP contribution < -0.4 is 10.6 Å². The van der Waals surface area contributed by atoms with Crippen LogP contribution in [0.3, 0.4) is 0 Å². The number of carbonyl (C=O) groups is 3. The van der Waals surface area contributed by atoms with Crippen molar-refractivity contribution < 1.29 is 24.2 Å². The summed E-state index contributed by atoms with van der Waals surface area (Å²) in [5.41, 5.74) is 4.11. The number of amides is 2. The number of hydrogen-bond acceptors (Lipinski definition) is 4. The zero-order chi connectivity index (χ0) is 25.0. The maximum Gasteiger partial charge on any atom is 0.407 e. The zero-order valence-corrected chi connectivity index (χ0v) is 20.4. The Morgan fingerprint density at radius 3 is 2.26 bits per heavy atom. The summed E-state index contributed by atoms with van der Waals surface area (Å²) >= 11 is 0. The summed E-state index contributed by atoms with van der Waals surface area (Å²) in [7, 11) is 0. The van der Waals surface area contributed by atoms with E-state index < -0.39 is 17.6 Å². The van der Waals surface area contributed by atoms with E-state index in [1.165, 1.54) is 22.3 Å². The fourth-order valence-electron chi connectivity index (χ4n) is 5.40. The van der Waals surface area contributed by atoms with Crippen molar-refractivity contribution in [2.45, 2.75) is 57.4 Å². The molecule has 2 atom stereocenters. The minimum absolute atomic E-state index is 0.00468. The number of fused-ring (bicyclic) bond motifs is 3. The van der Waals surface area contributed by atoms with E-state index in [0.717, 1.165) is 19.3 Å². The summed E-state index contributed by atoms with van der Waals surface area (Å²) in [4.78, 5) is 36.3. The Bertz CT molecular complexity index is 1050. The summed E-state index contributed by atoms with van der Waals surface area (Å²) in [5, 5.41) is 14.8. The monoisotopic (exact) mass is 478 g/mol. The predicted molar refractivity (Wildman–Crippen MR) is 133 cm³/mol. The molecule has 1 fully saturated rings. The lowest BCUT2D eigenvalue weighted by Crippen LogP contribution is -2.48. The van der Waals surface area contributed by atoms with Crippen LogP contribution >= 0.6 is 0 Å². The SMILES string of the molecule is CC(C)(CCC(=O)O)NC(=O)[C@H]1CCC[C@H]1CNC(=O)OCC1c2ccccc2-c2ccccc21. The Morgan fingerprint density at radius 1 is 1.00 bits per heavy atom. The average Bonchev–Trinajstić information content (AvgIpc) is 3.43. The first-order valence-electron chi connectivity index (χ1n) is 12.4. The van der Waals surface area contributed by atoms with Gasteiger partial charge in [0.25, 0.3) is 0 Å². The van der Waals surface area contributed by atoms with Crippen molar-refractivity contribution in [3.05, 3.63) is 59.7 Å². The third-order valence-electron chi connectivity index (χ3n) is 7.27. The highest BCUT2D eigenvalue weighted by atomic mass is 16.5. The first-order chi connectivity index (χ1) is 16.7. The first kappa shape index (κ1) is 24.8. The van der Waals surface area contributed by atoms with Crippen LogP contribution in [-0.4, -0.2) is 41.8 Å². The van der Waals surface area contributed by atoms with Gasteiger partial charge in [-0.2, -0.15) is 0 Å². The second kappa shape index (κ2) is 10.5. The molecular weight excluding hydrogens is 444 g/mol. The summed E-state index contributed by atoms with van der Waals surface area (Å²) < 4.78 is 5.62. The van der Waals surface area contributed by atoms with Crippen molar-refractivity contribution in [2.75, 3.05) is 13.2 Å². The molecule has 2 amide bonds. The maximum absolute atomic E-state index is 12.9. The van der Waals surface area contributed by atoms with E-state index >= 15 is 0 Å². The molecule has 0 radical (unpaired) electrons. The number of ether oxygens (including phenoxy) is 1. The largest absolute Gasteiger partial charge is 0.481 e. The van der Waals surface area contributed by atoms with E-state index in [1.807, 2.05) is 38.1 Å². The lowest BCUT2D eigenvalue weighted by atomic mass is 9.92. The molecule has 0 aromatic heterocycles. The first-order valence-corrected chi connectivity index (χ1v) is 12.4. The number of carboxylic acids is 1. The van der Waals surface area contributed by atoms with Crippen LogP contribution in [-0.2, 0) is 14.3 Å². The van der Waals surface area contributed by atoms with Crippen molar-refractivity contribution in [1.82, 2.24) is 10.6 Å². The normalized spacial score (nSPS) is 19.0. The van der Waals surface area contributed by atoms with E-state index in [0.29, 0.717) is 13.0 Å². The third kappa shape index (κ3) is 5.84. The van der Waals surface area contributed by atoms with E-state index in [1.54, 1.807) is 0 Å². The number of alkyl carbamates (subject to hydrolysis) is 1. The highest BCUT2D eigenvalue weighted by molar-refractivity contribution is 5.80. The fourth-order valence-corrected chi connectivity index (χ4v) is 5.40. The van der Waals surface area contributed by atoms with Gasteiger partial charge in [0, 0.05) is 30.3 Å². The fraction of sp³-hybridized carbons (Fsp3) is 0.464. The minimum atomic E-state index is -0.877. The van der Waals surface area contributed by atoms with Crippen molar-refractivity contribution in [3.63, 3.8) is 0 Å². The van der Waals surface area contributed by atoms with Gasteiger partial charge >= 0.3 is 12.1 Å². The standard InChI is InChI=1S/C28H34N2O5/c1-28(2,15-14-25(31)32)30-26(33)19-13-7-8-18(19)16-29-27(34)35-17-24-22-11-5-3-9-20(22)21-10-4-6-12-23(21)24/h3-6,9-12,18-19,24H,7-8,13-17H2,1-2H3,(H,29,34)(H,30,33)(H,31,32)/t18-,19-/m0/s1. The highest BCUT2D eigenvalue weighted by Crippen LogP contribution is 2.44. The summed E-state index contributed by atoms with van der Waals surface area (Å²) in [6.45, 7) is 4.32. The van der Waals surface area contributed by atoms with Crippen molar-refractivity contribution in [1.29, 1.82) is 0 Å². The Hall–Kier alpha value is -3.35. The molecule has 0 saturated heterocycles. The molecule has 2 aliphatic rings. The van der Waals surface area contributed by atoms with Gasteiger partial charge in [-0.15, -0.1) is 0 Å². The van der Waals surface area contributed by atoms with Gasteiger partial charge in [-0.3, -0.25) is 9.59 Å². The number of carboxylic acid groups (broad SMARTS) is 1. The Morgan fingerprint density at radius 2 is 1.63 bits per heavy atom. The van der Waals surface area contributed by atoms with Gasteiger partial charge in [0.2, 0.25) is 5.91 Å². The van der Waals surface area contributed by atoms with Gasteiger partial charge in [0.05, 0.1) is 0 Å². The number of nitrogens with one attached hydrogen (secondary N) is 2. The molecular formula is C28H34N2O5. The van der Waals surface area contributed by atoms with Crippen LogP contribution in [0.25, 0.3) is 11.1 Å². The second-order valence-corrected chi connectivity index (χ2v) is 10.3. The van der Waals surface area contributed by atoms with E-state index in [2.05, 4.69) is 34.9 Å². The number of carbonyl (C=O) groups excluding carboxylic acids is 2. The van der Waals surface area contributed by atoms with Gasteiger partial charge in [-0.25, -0.2) is 4.79 Å². The average molecular weight is 479 g/mol. The van der Waals surface area contributed by atoms with Crippen molar-refractivity contribution >= 4 is 18.0 Å². The van der Waals surface area contributed by atoms with Gasteiger partial charge in [0.1, 0.15) is 6.61 Å². The molecule has 1 saturated carbocycles. The van der Waals surface area contributed by atoms with Gasteiger partial charge < -0.3 is 20.5 Å². The second-order valence-electron chi connectivity index (χ2n) is 10.3. The third-order valence-corrected chi connectivity index (χ3v) is 7.27. The molecule has 2 aliphatic carbocycles. The molecule has 0 spiro atoms. The van der Waals surface area contributed by atoms with Crippen molar-refractivity contribution in [3.8, 4) is 11.1 Å². The number of benzene rings is 2. The summed E-state index contributed by atoms with van der Waals surface area (Å²) in [5.74, 6) is -1.11. The van der Waals surface area contributed by atoms with Crippen LogP contribution in [0.15, 0.2) is 48.5 Å². The van der Waals surface area contributed by atoms with Gasteiger partial charge in [-0.1, -0.05) is 55.0 Å². The van der Waals surface area contributed by atoms with E-state index in [4.69, 9.17) is 9.84 Å². The molecule has 2 aromatic rings. The molecule has 0 aliphatic heterocycles. The number of rotatable bonds is 9. The topological polar surface area (TPSA) is 105 Å². The smallest absolute Gasteiger partial charge is 0.407 e. The van der Waals surface area contributed by atoms with E-state index in [-0.39, 0.29) is 36.7 Å². The molecule has 3 N–H and O–H groups in total. The van der Waals surface area contributed by atoms with Crippen LogP contribution in [0.4, 0.5) is 4.79 Å². The quantitative estimate of drug-likeness (QED) is 0.485. The zero-order valence-electron chi connectivity index (χ0n) is 20.4. The van der Waals surface area contributed by atoms with Crippen molar-refractivity contribution in [2.24, 2.45) is 11.8 Å². The highest BCUT2D eigenvalue weighted by Gasteiger charge is 2.36. The molecule has 186 valence electrons. The number of hydrogen-bond donors (Lipinski definition) is 3. The minimum Gasteiger partial charge on any atom is -0.481 e. The molecule has 0 heterocycles. The molecule has 0 unspecified atom stereocenters. The Balaban J connectivity index is 1.29. The molecule has 4 rings (SSSR count). The van der Waals surface area contributed by atoms with Gasteiger partial charge in [-0.05, 0) is 61.3 Å². The van der Waals surface area contributed by atoms with Crippen LogP contribution in [0.5, 0.6) is 0 Å². The van der Waals surface area contributed by atoms with Gasteiger partial charge in [0.15, 0.2) is 0 Å². The number of aliphatic carboxylic acids is 1. The summed E-state index contributed by atoms with van der Waals surface area (Å²) in [6.07, 6.45) is 2.44.